The van der Waals surface area contributed by atoms with Crippen LogP contribution in [0.4, 0.5) is 10.2 Å². The Morgan fingerprint density at radius 3 is 2.61 bits per heavy atom. The summed E-state index contributed by atoms with van der Waals surface area (Å²) in [6.07, 6.45) is 9.02. The maximum atomic E-state index is 14.2. The second-order valence-corrected chi connectivity index (χ2v) is 8.84. The summed E-state index contributed by atoms with van der Waals surface area (Å²) in [7, 11) is 0. The number of rotatable bonds is 5. The highest BCUT2D eigenvalue weighted by molar-refractivity contribution is 5.72. The van der Waals surface area contributed by atoms with Crippen LogP contribution in [0.5, 0.6) is 5.75 Å². The van der Waals surface area contributed by atoms with Gasteiger partial charge < -0.3 is 15.3 Å². The molecule has 8 nitrogen and oxygen atoms in total. The molecule has 160 valence electrons. The Bertz CT molecular complexity index is 1070. The van der Waals surface area contributed by atoms with Gasteiger partial charge in [0.05, 0.1) is 18.0 Å². The zero-order valence-electron chi connectivity index (χ0n) is 16.9. The van der Waals surface area contributed by atoms with Crippen molar-refractivity contribution < 1.29 is 9.50 Å². The van der Waals surface area contributed by atoms with Crippen molar-refractivity contribution in [3.63, 3.8) is 0 Å². The highest BCUT2D eigenvalue weighted by Gasteiger charge is 2.45. The van der Waals surface area contributed by atoms with Crippen molar-refractivity contribution in [3.05, 3.63) is 36.8 Å². The number of aromatic hydroxyl groups is 1. The monoisotopic (exact) mass is 421 g/mol. The van der Waals surface area contributed by atoms with Crippen LogP contribution in [-0.4, -0.2) is 60.8 Å². The molecule has 9 heteroatoms. The highest BCUT2D eigenvalue weighted by Crippen LogP contribution is 2.39. The van der Waals surface area contributed by atoms with E-state index in [-0.39, 0.29) is 23.9 Å². The Hall–Kier alpha value is -3.07. The number of benzene rings is 1. The summed E-state index contributed by atoms with van der Waals surface area (Å²) in [5.41, 5.74) is 2.28. The van der Waals surface area contributed by atoms with Gasteiger partial charge in [0.15, 0.2) is 11.6 Å². The Morgan fingerprint density at radius 2 is 1.94 bits per heavy atom. The van der Waals surface area contributed by atoms with Crippen LogP contribution in [0.15, 0.2) is 36.8 Å². The van der Waals surface area contributed by atoms with E-state index in [0.717, 1.165) is 42.6 Å². The molecule has 0 radical (unpaired) electrons. The fraction of sp³-hybridized carbons (Fsp3) is 0.455. The fourth-order valence-electron chi connectivity index (χ4n) is 5.08. The Morgan fingerprint density at radius 1 is 1.03 bits per heavy atom. The SMILES string of the molecule is Oc1cc(-c2cn[nH]c2)ccc1-c1ncc(N(C2CC2)[C@H]2C[C@@H]3C[C@@H](F)[C@H](C2)N3)nn1. The normalized spacial score (nSPS) is 27.4. The molecule has 2 bridgehead atoms. The van der Waals surface area contributed by atoms with Crippen LogP contribution in [0.3, 0.4) is 0 Å². The third-order valence-electron chi connectivity index (χ3n) is 6.70. The number of hydrogen-bond donors (Lipinski definition) is 3. The van der Waals surface area contributed by atoms with Crippen molar-refractivity contribution in [2.45, 2.75) is 62.4 Å². The number of fused-ring (bicyclic) bond motifs is 2. The molecule has 1 aliphatic carbocycles. The van der Waals surface area contributed by atoms with E-state index in [4.69, 9.17) is 0 Å². The lowest BCUT2D eigenvalue weighted by molar-refractivity contribution is 0.271. The number of H-pyrrole nitrogens is 1. The summed E-state index contributed by atoms with van der Waals surface area (Å²) in [6.45, 7) is 0. The van der Waals surface area contributed by atoms with E-state index in [2.05, 4.69) is 35.6 Å². The van der Waals surface area contributed by atoms with Gasteiger partial charge in [-0.1, -0.05) is 6.07 Å². The molecule has 3 N–H and O–H groups in total. The van der Waals surface area contributed by atoms with E-state index in [1.54, 1.807) is 30.7 Å². The van der Waals surface area contributed by atoms with Gasteiger partial charge in [0.2, 0.25) is 0 Å². The summed E-state index contributed by atoms with van der Waals surface area (Å²) in [5, 5.41) is 29.4. The number of piperidine rings is 1. The number of phenolic OH excluding ortho intramolecular Hbond substituents is 1. The van der Waals surface area contributed by atoms with E-state index in [1.165, 1.54) is 0 Å². The molecule has 2 aliphatic heterocycles. The topological polar surface area (TPSA) is 103 Å². The molecule has 6 rings (SSSR count). The third-order valence-corrected chi connectivity index (χ3v) is 6.70. The molecule has 0 spiro atoms. The molecule has 4 heterocycles. The van der Waals surface area contributed by atoms with E-state index in [1.807, 2.05) is 6.07 Å². The lowest BCUT2D eigenvalue weighted by atomic mass is 9.98. The number of aromatic amines is 1. The zero-order valence-corrected chi connectivity index (χ0v) is 16.9. The summed E-state index contributed by atoms with van der Waals surface area (Å²) < 4.78 is 14.2. The number of nitrogens with one attached hydrogen (secondary N) is 2. The van der Waals surface area contributed by atoms with E-state index >= 15 is 0 Å². The Balaban J connectivity index is 1.25. The Labute approximate surface area is 178 Å². The molecule has 3 aromatic rings. The van der Waals surface area contributed by atoms with Crippen molar-refractivity contribution in [3.8, 4) is 28.3 Å². The number of alkyl halides is 1. The van der Waals surface area contributed by atoms with Crippen LogP contribution in [-0.2, 0) is 0 Å². The van der Waals surface area contributed by atoms with E-state index < -0.39 is 6.17 Å². The first-order chi connectivity index (χ1) is 15.2. The van der Waals surface area contributed by atoms with Crippen molar-refractivity contribution in [1.29, 1.82) is 0 Å². The quantitative estimate of drug-likeness (QED) is 0.582. The van der Waals surface area contributed by atoms with Crippen molar-refractivity contribution in [1.82, 2.24) is 30.7 Å². The second kappa shape index (κ2) is 7.26. The molecule has 31 heavy (non-hydrogen) atoms. The third kappa shape index (κ3) is 3.42. The lowest BCUT2D eigenvalue weighted by Crippen LogP contribution is -2.50. The predicted octanol–water partition coefficient (Wildman–Crippen LogP) is 2.83. The van der Waals surface area contributed by atoms with Gasteiger partial charge in [0.1, 0.15) is 11.9 Å². The molecular formula is C22H24FN7O. The van der Waals surface area contributed by atoms with Gasteiger partial charge in [-0.2, -0.15) is 5.10 Å². The van der Waals surface area contributed by atoms with Crippen molar-refractivity contribution in [2.75, 3.05) is 4.90 Å². The van der Waals surface area contributed by atoms with Crippen LogP contribution in [0.1, 0.15) is 32.1 Å². The minimum atomic E-state index is -0.754. The average Bonchev–Trinajstić information content (AvgIpc) is 3.37. The maximum Gasteiger partial charge on any atom is 0.185 e. The molecule has 0 amide bonds. The van der Waals surface area contributed by atoms with Crippen molar-refractivity contribution >= 4 is 5.82 Å². The second-order valence-electron chi connectivity index (χ2n) is 8.84. The number of anilines is 1. The molecule has 4 atom stereocenters. The zero-order chi connectivity index (χ0) is 20.9. The fourth-order valence-corrected chi connectivity index (χ4v) is 5.08. The largest absolute Gasteiger partial charge is 0.507 e. The molecule has 3 fully saturated rings. The first kappa shape index (κ1) is 18.7. The van der Waals surface area contributed by atoms with Crippen LogP contribution < -0.4 is 10.2 Å². The van der Waals surface area contributed by atoms with E-state index in [0.29, 0.717) is 23.9 Å². The smallest absolute Gasteiger partial charge is 0.185 e. The molecule has 2 aromatic heterocycles. The van der Waals surface area contributed by atoms with Gasteiger partial charge in [-0.15, -0.1) is 10.2 Å². The molecule has 1 aromatic carbocycles. The van der Waals surface area contributed by atoms with Gasteiger partial charge >= 0.3 is 0 Å². The number of aromatic nitrogens is 5. The first-order valence-electron chi connectivity index (χ1n) is 10.9. The number of halogens is 1. The first-order valence-corrected chi connectivity index (χ1v) is 10.9. The molecular weight excluding hydrogens is 397 g/mol. The molecule has 0 unspecified atom stereocenters. The van der Waals surface area contributed by atoms with Crippen LogP contribution in [0.25, 0.3) is 22.5 Å². The standard InChI is InChI=1S/C22H24FN7O/c23-18-7-14-6-16(8-19(18)27-14)30(15-2-3-15)21-11-24-22(29-28-21)17-4-1-12(5-20(17)31)13-9-25-26-10-13/h1,4-5,9-11,14-16,18-19,27,31H,2-3,6-8H2,(H,25,26)/t14-,16+,18-,19+/m1/s1. The minimum absolute atomic E-state index is 0.0594. The molecule has 3 aliphatic rings. The summed E-state index contributed by atoms with van der Waals surface area (Å²) >= 11 is 0. The van der Waals surface area contributed by atoms with Crippen LogP contribution >= 0.6 is 0 Å². The molecule has 2 saturated heterocycles. The van der Waals surface area contributed by atoms with Crippen LogP contribution in [0.2, 0.25) is 0 Å². The lowest BCUT2D eigenvalue weighted by Gasteiger charge is -2.38. The Kier molecular flexibility index (Phi) is 4.38. The maximum absolute atomic E-state index is 14.2. The van der Waals surface area contributed by atoms with Gasteiger partial charge in [-0.3, -0.25) is 5.10 Å². The van der Waals surface area contributed by atoms with Gasteiger partial charge in [0.25, 0.3) is 0 Å². The molecule has 1 saturated carbocycles. The van der Waals surface area contributed by atoms with Crippen LogP contribution in [0, 0.1) is 0 Å². The number of hydrogen-bond acceptors (Lipinski definition) is 7. The highest BCUT2D eigenvalue weighted by atomic mass is 19.1. The van der Waals surface area contributed by atoms with Crippen molar-refractivity contribution in [2.24, 2.45) is 0 Å². The minimum Gasteiger partial charge on any atom is -0.507 e. The van der Waals surface area contributed by atoms with Gasteiger partial charge in [-0.25, -0.2) is 9.37 Å². The summed E-state index contributed by atoms with van der Waals surface area (Å²) in [6, 6.07) is 6.23. The van der Waals surface area contributed by atoms with Gasteiger partial charge in [0, 0.05) is 35.9 Å². The number of nitrogens with zero attached hydrogens (tertiary/aromatic N) is 5. The summed E-state index contributed by atoms with van der Waals surface area (Å²) in [5.74, 6) is 1.21. The number of phenols is 1. The van der Waals surface area contributed by atoms with E-state index in [9.17, 15) is 9.50 Å². The van der Waals surface area contributed by atoms with Gasteiger partial charge in [-0.05, 0) is 49.8 Å². The summed E-state index contributed by atoms with van der Waals surface area (Å²) in [4.78, 5) is 6.82. The predicted molar refractivity (Wildman–Crippen MR) is 113 cm³/mol. The average molecular weight is 421 g/mol.